The van der Waals surface area contributed by atoms with Gasteiger partial charge in [0.2, 0.25) is 5.91 Å². The summed E-state index contributed by atoms with van der Waals surface area (Å²) in [4.78, 5) is 14.4. The lowest BCUT2D eigenvalue weighted by atomic mass is 10.2. The normalized spacial score (nSPS) is 14.0. The summed E-state index contributed by atoms with van der Waals surface area (Å²) in [5, 5.41) is 9.45. The van der Waals surface area contributed by atoms with Gasteiger partial charge in [0, 0.05) is 18.7 Å². The van der Waals surface area contributed by atoms with Crippen LogP contribution in [-0.2, 0) is 9.53 Å². The minimum atomic E-state index is 0.0779. The molecule has 1 aliphatic heterocycles. The Morgan fingerprint density at radius 1 is 1.07 bits per heavy atom. The zero-order chi connectivity index (χ0) is 20.1. The second kappa shape index (κ2) is 9.11. The van der Waals surface area contributed by atoms with Crippen LogP contribution in [0.3, 0.4) is 0 Å². The number of carbonyl (C=O) groups is 1. The lowest BCUT2D eigenvalue weighted by Crippen LogP contribution is -2.41. The number of amides is 1. The number of methoxy groups -OCH3 is 1. The predicted octanol–water partition coefficient (Wildman–Crippen LogP) is 2.89. The van der Waals surface area contributed by atoms with Crippen molar-refractivity contribution in [1.82, 2.24) is 19.7 Å². The SMILES string of the molecule is COc1ccccc1-n1c(SCC(=O)N2CCOCC2)nnc1-c1ccccc1. The van der Waals surface area contributed by atoms with E-state index in [4.69, 9.17) is 9.47 Å². The van der Waals surface area contributed by atoms with Gasteiger partial charge in [0.1, 0.15) is 5.75 Å². The van der Waals surface area contributed by atoms with Crippen LogP contribution in [0.2, 0.25) is 0 Å². The number of benzene rings is 2. The molecular formula is C21H22N4O3S. The molecule has 29 heavy (non-hydrogen) atoms. The monoisotopic (exact) mass is 410 g/mol. The number of ether oxygens (including phenoxy) is 2. The number of morpholine rings is 1. The Hall–Kier alpha value is -2.84. The van der Waals surface area contributed by atoms with E-state index in [9.17, 15) is 4.79 Å². The third kappa shape index (κ3) is 4.28. The minimum Gasteiger partial charge on any atom is -0.495 e. The van der Waals surface area contributed by atoms with Crippen molar-refractivity contribution in [3.63, 3.8) is 0 Å². The molecular weight excluding hydrogens is 388 g/mol. The Balaban J connectivity index is 1.67. The molecule has 7 nitrogen and oxygen atoms in total. The number of thioether (sulfide) groups is 1. The molecule has 0 saturated carbocycles. The zero-order valence-electron chi connectivity index (χ0n) is 16.2. The first-order chi connectivity index (χ1) is 14.3. The summed E-state index contributed by atoms with van der Waals surface area (Å²) in [5.41, 5.74) is 1.78. The summed E-state index contributed by atoms with van der Waals surface area (Å²) >= 11 is 1.38. The van der Waals surface area contributed by atoms with Gasteiger partial charge in [0.25, 0.3) is 0 Å². The molecule has 0 N–H and O–H groups in total. The molecule has 3 aromatic rings. The summed E-state index contributed by atoms with van der Waals surface area (Å²) in [7, 11) is 1.64. The molecule has 150 valence electrons. The van der Waals surface area contributed by atoms with E-state index in [0.29, 0.717) is 48.8 Å². The first-order valence-electron chi connectivity index (χ1n) is 9.40. The van der Waals surface area contributed by atoms with Gasteiger partial charge in [0.15, 0.2) is 11.0 Å². The van der Waals surface area contributed by atoms with E-state index < -0.39 is 0 Å². The van der Waals surface area contributed by atoms with Gasteiger partial charge in [0.05, 0.1) is 31.8 Å². The van der Waals surface area contributed by atoms with E-state index >= 15 is 0 Å². The Morgan fingerprint density at radius 2 is 1.79 bits per heavy atom. The minimum absolute atomic E-state index is 0.0779. The van der Waals surface area contributed by atoms with Gasteiger partial charge in [-0.05, 0) is 12.1 Å². The van der Waals surface area contributed by atoms with Crippen molar-refractivity contribution in [2.45, 2.75) is 5.16 Å². The van der Waals surface area contributed by atoms with Gasteiger partial charge in [-0.1, -0.05) is 54.2 Å². The van der Waals surface area contributed by atoms with Crippen LogP contribution in [0.1, 0.15) is 0 Å². The van der Waals surface area contributed by atoms with E-state index in [2.05, 4.69) is 10.2 Å². The van der Waals surface area contributed by atoms with E-state index in [1.165, 1.54) is 11.8 Å². The summed E-state index contributed by atoms with van der Waals surface area (Å²) in [6.45, 7) is 2.44. The summed E-state index contributed by atoms with van der Waals surface area (Å²) in [6, 6.07) is 17.6. The van der Waals surface area contributed by atoms with Crippen LogP contribution in [0.4, 0.5) is 0 Å². The average molecular weight is 410 g/mol. The molecule has 0 unspecified atom stereocenters. The molecule has 1 aliphatic rings. The van der Waals surface area contributed by atoms with Crippen LogP contribution in [0.25, 0.3) is 17.1 Å². The van der Waals surface area contributed by atoms with Gasteiger partial charge < -0.3 is 14.4 Å². The van der Waals surface area contributed by atoms with Crippen molar-refractivity contribution in [3.8, 4) is 22.8 Å². The molecule has 1 aromatic heterocycles. The third-order valence-corrected chi connectivity index (χ3v) is 5.59. The fourth-order valence-corrected chi connectivity index (χ4v) is 4.05. The third-order valence-electron chi connectivity index (χ3n) is 4.68. The highest BCUT2D eigenvalue weighted by atomic mass is 32.2. The highest BCUT2D eigenvalue weighted by molar-refractivity contribution is 7.99. The van der Waals surface area contributed by atoms with E-state index in [-0.39, 0.29) is 5.91 Å². The first kappa shape index (κ1) is 19.5. The van der Waals surface area contributed by atoms with Crippen LogP contribution in [-0.4, -0.2) is 64.7 Å². The smallest absolute Gasteiger partial charge is 0.233 e. The number of carbonyl (C=O) groups excluding carboxylic acids is 1. The number of para-hydroxylation sites is 2. The molecule has 2 aromatic carbocycles. The van der Waals surface area contributed by atoms with Gasteiger partial charge in [-0.15, -0.1) is 10.2 Å². The Morgan fingerprint density at radius 3 is 2.55 bits per heavy atom. The van der Waals surface area contributed by atoms with E-state index in [1.54, 1.807) is 7.11 Å². The topological polar surface area (TPSA) is 69.5 Å². The number of hydrogen-bond donors (Lipinski definition) is 0. The molecule has 8 heteroatoms. The van der Waals surface area contributed by atoms with Gasteiger partial charge in [-0.25, -0.2) is 0 Å². The molecule has 0 radical (unpaired) electrons. The van der Waals surface area contributed by atoms with Crippen LogP contribution in [0.5, 0.6) is 5.75 Å². The van der Waals surface area contributed by atoms with Crippen molar-refractivity contribution >= 4 is 17.7 Å². The molecule has 0 aliphatic carbocycles. The summed E-state index contributed by atoms with van der Waals surface area (Å²) in [6.07, 6.45) is 0. The quantitative estimate of drug-likeness (QED) is 0.582. The van der Waals surface area contributed by atoms with E-state index in [1.807, 2.05) is 64.1 Å². The maximum atomic E-state index is 12.6. The predicted molar refractivity (Wildman–Crippen MR) is 111 cm³/mol. The summed E-state index contributed by atoms with van der Waals surface area (Å²) < 4.78 is 12.8. The van der Waals surface area contributed by atoms with Crippen molar-refractivity contribution in [1.29, 1.82) is 0 Å². The number of aromatic nitrogens is 3. The second-order valence-electron chi connectivity index (χ2n) is 6.46. The van der Waals surface area contributed by atoms with Crippen LogP contribution >= 0.6 is 11.8 Å². The molecule has 1 saturated heterocycles. The number of rotatable bonds is 6. The van der Waals surface area contributed by atoms with Crippen LogP contribution < -0.4 is 4.74 Å². The first-order valence-corrected chi connectivity index (χ1v) is 10.4. The molecule has 1 amide bonds. The molecule has 0 spiro atoms. The van der Waals surface area contributed by atoms with Gasteiger partial charge >= 0.3 is 0 Å². The lowest BCUT2D eigenvalue weighted by molar-refractivity contribution is -0.132. The number of nitrogens with zero attached hydrogens (tertiary/aromatic N) is 4. The maximum absolute atomic E-state index is 12.6. The average Bonchev–Trinajstić information content (AvgIpc) is 3.22. The van der Waals surface area contributed by atoms with E-state index in [0.717, 1.165) is 11.3 Å². The Labute approximate surface area is 173 Å². The molecule has 2 heterocycles. The maximum Gasteiger partial charge on any atom is 0.233 e. The standard InChI is InChI=1S/C21H22N4O3S/c1-27-18-10-6-5-9-17(18)25-20(16-7-3-2-4-8-16)22-23-21(25)29-15-19(26)24-11-13-28-14-12-24/h2-10H,11-15H2,1H3. The van der Waals surface area contributed by atoms with Crippen molar-refractivity contribution in [2.24, 2.45) is 0 Å². The van der Waals surface area contributed by atoms with Crippen LogP contribution in [0, 0.1) is 0 Å². The van der Waals surface area contributed by atoms with Gasteiger partial charge in [-0.2, -0.15) is 0 Å². The van der Waals surface area contributed by atoms with Crippen molar-refractivity contribution < 1.29 is 14.3 Å². The van der Waals surface area contributed by atoms with Crippen molar-refractivity contribution in [3.05, 3.63) is 54.6 Å². The second-order valence-corrected chi connectivity index (χ2v) is 7.40. The molecule has 1 fully saturated rings. The summed E-state index contributed by atoms with van der Waals surface area (Å²) in [5.74, 6) is 1.79. The van der Waals surface area contributed by atoms with Gasteiger partial charge in [-0.3, -0.25) is 9.36 Å². The fourth-order valence-electron chi connectivity index (χ4n) is 3.20. The highest BCUT2D eigenvalue weighted by Crippen LogP contribution is 2.32. The Bertz CT molecular complexity index is 971. The van der Waals surface area contributed by atoms with Crippen LogP contribution in [0.15, 0.2) is 59.8 Å². The Kier molecular flexibility index (Phi) is 6.12. The molecule has 4 rings (SSSR count). The largest absolute Gasteiger partial charge is 0.495 e. The zero-order valence-corrected chi connectivity index (χ0v) is 17.0. The molecule has 0 atom stereocenters. The fraction of sp³-hybridized carbons (Fsp3) is 0.286. The van der Waals surface area contributed by atoms with Crippen molar-refractivity contribution in [2.75, 3.05) is 39.2 Å². The number of hydrogen-bond acceptors (Lipinski definition) is 6. The highest BCUT2D eigenvalue weighted by Gasteiger charge is 2.22. The molecule has 0 bridgehead atoms. The lowest BCUT2D eigenvalue weighted by Gasteiger charge is -2.26.